The SMILES string of the molecule is COc1ccc([C@@H]2[C@@H]3C(c4ccc(Cl)cc4)=N[C@H](C4CCCCC4)N23)cc1. The normalized spacial score (nSPS) is 29.9. The van der Waals surface area contributed by atoms with Crippen molar-refractivity contribution < 1.29 is 4.74 Å². The van der Waals surface area contributed by atoms with Crippen molar-refractivity contribution in [1.29, 1.82) is 0 Å². The van der Waals surface area contributed by atoms with Gasteiger partial charge in [0.15, 0.2) is 0 Å². The predicted molar refractivity (Wildman–Crippen MR) is 110 cm³/mol. The molecular weight excluding hydrogens is 356 g/mol. The molecule has 1 aliphatic carbocycles. The summed E-state index contributed by atoms with van der Waals surface area (Å²) < 4.78 is 5.33. The van der Waals surface area contributed by atoms with Crippen LogP contribution in [0.3, 0.4) is 0 Å². The Morgan fingerprint density at radius 1 is 0.926 bits per heavy atom. The third-order valence-corrected chi connectivity index (χ3v) is 6.63. The summed E-state index contributed by atoms with van der Waals surface area (Å²) in [5, 5.41) is 0.778. The Kier molecular flexibility index (Phi) is 4.45. The van der Waals surface area contributed by atoms with E-state index in [1.165, 1.54) is 48.9 Å². The molecule has 3 aliphatic rings. The van der Waals surface area contributed by atoms with E-state index in [2.05, 4.69) is 41.3 Å². The largest absolute Gasteiger partial charge is 0.497 e. The highest BCUT2D eigenvalue weighted by atomic mass is 35.5. The van der Waals surface area contributed by atoms with Crippen molar-refractivity contribution in [3.05, 3.63) is 64.7 Å². The van der Waals surface area contributed by atoms with Gasteiger partial charge in [-0.1, -0.05) is 55.1 Å². The van der Waals surface area contributed by atoms with E-state index >= 15 is 0 Å². The maximum atomic E-state index is 6.11. The summed E-state index contributed by atoms with van der Waals surface area (Å²) in [5.41, 5.74) is 3.81. The van der Waals surface area contributed by atoms with Crippen molar-refractivity contribution in [3.63, 3.8) is 0 Å². The van der Waals surface area contributed by atoms with Crippen molar-refractivity contribution in [1.82, 2.24) is 4.90 Å². The lowest BCUT2D eigenvalue weighted by atomic mass is 9.87. The highest BCUT2D eigenvalue weighted by Gasteiger charge is 2.60. The lowest BCUT2D eigenvalue weighted by Gasteiger charge is -2.28. The van der Waals surface area contributed by atoms with E-state index in [1.54, 1.807) is 7.11 Å². The van der Waals surface area contributed by atoms with E-state index in [9.17, 15) is 0 Å². The summed E-state index contributed by atoms with van der Waals surface area (Å²) in [5.74, 6) is 1.60. The van der Waals surface area contributed by atoms with E-state index in [4.69, 9.17) is 21.3 Å². The van der Waals surface area contributed by atoms with E-state index in [-0.39, 0.29) is 0 Å². The molecule has 0 bridgehead atoms. The molecule has 2 aliphatic heterocycles. The molecule has 0 aromatic heterocycles. The minimum atomic E-state index is 0.327. The number of hydrogen-bond donors (Lipinski definition) is 0. The summed E-state index contributed by atoms with van der Waals surface area (Å²) in [6, 6.07) is 17.6. The van der Waals surface area contributed by atoms with Crippen LogP contribution in [0.25, 0.3) is 0 Å². The minimum Gasteiger partial charge on any atom is -0.497 e. The molecule has 3 nitrogen and oxygen atoms in total. The molecule has 1 unspecified atom stereocenters. The van der Waals surface area contributed by atoms with Crippen molar-refractivity contribution in [2.24, 2.45) is 10.9 Å². The van der Waals surface area contributed by atoms with Gasteiger partial charge in [0.1, 0.15) is 11.9 Å². The fourth-order valence-electron chi connectivity index (χ4n) is 4.96. The molecule has 2 aromatic rings. The molecule has 4 heteroatoms. The molecule has 5 rings (SSSR count). The zero-order valence-corrected chi connectivity index (χ0v) is 16.4. The van der Waals surface area contributed by atoms with E-state index in [0.29, 0.717) is 24.2 Å². The molecule has 2 fully saturated rings. The summed E-state index contributed by atoms with van der Waals surface area (Å²) >= 11 is 6.11. The summed E-state index contributed by atoms with van der Waals surface area (Å²) in [4.78, 5) is 7.85. The number of ether oxygens (including phenoxy) is 1. The molecule has 2 heterocycles. The van der Waals surface area contributed by atoms with Gasteiger partial charge in [-0.15, -0.1) is 0 Å². The second-order valence-electron chi connectivity index (χ2n) is 7.94. The molecule has 0 radical (unpaired) electrons. The molecule has 0 spiro atoms. The van der Waals surface area contributed by atoms with Gasteiger partial charge in [0, 0.05) is 5.02 Å². The Labute approximate surface area is 166 Å². The first-order valence-electron chi connectivity index (χ1n) is 10.0. The van der Waals surface area contributed by atoms with Gasteiger partial charge >= 0.3 is 0 Å². The minimum absolute atomic E-state index is 0.327. The van der Waals surface area contributed by atoms with E-state index < -0.39 is 0 Å². The second kappa shape index (κ2) is 6.96. The average molecular weight is 381 g/mol. The molecule has 4 atom stereocenters. The van der Waals surface area contributed by atoms with Crippen molar-refractivity contribution in [2.45, 2.75) is 50.4 Å². The second-order valence-corrected chi connectivity index (χ2v) is 8.38. The van der Waals surface area contributed by atoms with Gasteiger partial charge in [-0.05, 0) is 54.2 Å². The molecule has 0 N–H and O–H groups in total. The Morgan fingerprint density at radius 2 is 1.63 bits per heavy atom. The summed E-state index contributed by atoms with van der Waals surface area (Å²) in [7, 11) is 1.72. The maximum Gasteiger partial charge on any atom is 0.118 e. The van der Waals surface area contributed by atoms with Crippen LogP contribution in [0.2, 0.25) is 5.02 Å². The molecule has 0 amide bonds. The zero-order valence-electron chi connectivity index (χ0n) is 15.6. The molecule has 1 saturated carbocycles. The number of fused-ring (bicyclic) bond motifs is 1. The number of nitrogens with zero attached hydrogens (tertiary/aromatic N) is 2. The third kappa shape index (κ3) is 3.07. The highest BCUT2D eigenvalue weighted by Crippen LogP contribution is 2.54. The standard InChI is InChI=1S/C23H25ClN2O/c1-27-19-13-9-16(10-14-19)21-22-20(15-7-11-18(24)12-8-15)25-23(26(21)22)17-5-3-2-4-6-17/h7-14,17,21-23H,2-6H2,1H3/t21-,22+,23+,26?/m1/s1. The van der Waals surface area contributed by atoms with Crippen LogP contribution in [-0.2, 0) is 0 Å². The van der Waals surface area contributed by atoms with Crippen LogP contribution >= 0.6 is 11.6 Å². The third-order valence-electron chi connectivity index (χ3n) is 6.38. The van der Waals surface area contributed by atoms with Gasteiger partial charge in [-0.2, -0.15) is 0 Å². The van der Waals surface area contributed by atoms with Gasteiger partial charge in [0.05, 0.1) is 24.9 Å². The Bertz CT molecular complexity index is 840. The van der Waals surface area contributed by atoms with Gasteiger partial charge < -0.3 is 4.74 Å². The lowest BCUT2D eigenvalue weighted by molar-refractivity contribution is 0.219. The van der Waals surface area contributed by atoms with Crippen LogP contribution in [0, 0.1) is 5.92 Å². The number of aliphatic imine (C=N–C) groups is 1. The van der Waals surface area contributed by atoms with Crippen LogP contribution in [0.1, 0.15) is 49.3 Å². The van der Waals surface area contributed by atoms with Gasteiger partial charge in [0.25, 0.3) is 0 Å². The van der Waals surface area contributed by atoms with E-state index in [0.717, 1.165) is 10.8 Å². The topological polar surface area (TPSA) is 24.6 Å². The van der Waals surface area contributed by atoms with Crippen LogP contribution < -0.4 is 4.74 Å². The van der Waals surface area contributed by atoms with Crippen molar-refractivity contribution in [3.8, 4) is 5.75 Å². The fraction of sp³-hybridized carbons (Fsp3) is 0.435. The van der Waals surface area contributed by atoms with Crippen molar-refractivity contribution in [2.75, 3.05) is 7.11 Å². The van der Waals surface area contributed by atoms with Crippen molar-refractivity contribution >= 4 is 17.3 Å². The monoisotopic (exact) mass is 380 g/mol. The van der Waals surface area contributed by atoms with Crippen LogP contribution in [-0.4, -0.2) is 29.9 Å². The zero-order chi connectivity index (χ0) is 18.4. The van der Waals surface area contributed by atoms with Crippen LogP contribution in [0.15, 0.2) is 53.5 Å². The first-order chi connectivity index (χ1) is 13.3. The first kappa shape index (κ1) is 17.3. The highest BCUT2D eigenvalue weighted by molar-refractivity contribution is 6.30. The molecule has 1 saturated heterocycles. The number of benzene rings is 2. The average Bonchev–Trinajstić information content (AvgIpc) is 3.33. The first-order valence-corrected chi connectivity index (χ1v) is 10.4. The van der Waals surface area contributed by atoms with Gasteiger partial charge in [-0.25, -0.2) is 0 Å². The number of methoxy groups -OCH3 is 1. The molecule has 2 aromatic carbocycles. The quantitative estimate of drug-likeness (QED) is 0.655. The molecule has 140 valence electrons. The number of hydrogen-bond acceptors (Lipinski definition) is 3. The van der Waals surface area contributed by atoms with Gasteiger partial charge in [-0.3, -0.25) is 9.89 Å². The smallest absolute Gasteiger partial charge is 0.118 e. The Morgan fingerprint density at radius 3 is 2.30 bits per heavy atom. The summed E-state index contributed by atoms with van der Waals surface area (Å²) in [6.45, 7) is 0. The predicted octanol–water partition coefficient (Wildman–Crippen LogP) is 5.48. The fourth-order valence-corrected chi connectivity index (χ4v) is 5.08. The van der Waals surface area contributed by atoms with Crippen LogP contribution in [0.5, 0.6) is 5.75 Å². The van der Waals surface area contributed by atoms with Gasteiger partial charge in [0.2, 0.25) is 0 Å². The molecular formula is C23H25ClN2O. The maximum absolute atomic E-state index is 6.11. The number of rotatable bonds is 4. The lowest BCUT2D eigenvalue weighted by Crippen LogP contribution is -2.27. The number of halogens is 1. The Hall–Kier alpha value is -1.84. The molecule has 27 heavy (non-hydrogen) atoms. The van der Waals surface area contributed by atoms with Crippen LogP contribution in [0.4, 0.5) is 0 Å². The Balaban J connectivity index is 1.47. The summed E-state index contributed by atoms with van der Waals surface area (Å²) in [6.07, 6.45) is 7.01. The van der Waals surface area contributed by atoms with E-state index in [1.807, 2.05) is 12.1 Å².